The van der Waals surface area contributed by atoms with Crippen LogP contribution >= 0.6 is 0 Å². The molecule has 6 nitrogen and oxygen atoms in total. The Balaban J connectivity index is 1.88. The molecule has 8 heteroatoms. The van der Waals surface area contributed by atoms with E-state index in [9.17, 15) is 12.8 Å². The molecule has 1 fully saturated rings. The molecule has 2 aliphatic rings. The molecular formula is C17H19FN4O2S. The first-order chi connectivity index (χ1) is 11.8. The lowest BCUT2D eigenvalue weighted by Gasteiger charge is -2.39. The van der Waals surface area contributed by atoms with Crippen molar-refractivity contribution in [2.24, 2.45) is 5.14 Å². The highest BCUT2D eigenvalue weighted by Crippen LogP contribution is 2.34. The summed E-state index contributed by atoms with van der Waals surface area (Å²) >= 11 is 0. The van der Waals surface area contributed by atoms with Crippen molar-refractivity contribution in [3.63, 3.8) is 0 Å². The van der Waals surface area contributed by atoms with Gasteiger partial charge in [0.2, 0.25) is 16.0 Å². The fourth-order valence-electron chi connectivity index (χ4n) is 3.47. The van der Waals surface area contributed by atoms with Crippen molar-refractivity contribution in [1.82, 2.24) is 9.97 Å². The number of nitrogens with zero attached hydrogens (tertiary/aromatic N) is 3. The number of aryl methyl sites for hydroxylation is 1. The Labute approximate surface area is 145 Å². The average molecular weight is 362 g/mol. The summed E-state index contributed by atoms with van der Waals surface area (Å²) in [6.07, 6.45) is 3.80. The molecule has 1 aliphatic carbocycles. The summed E-state index contributed by atoms with van der Waals surface area (Å²) in [5.41, 5.74) is 3.26. The highest BCUT2D eigenvalue weighted by Gasteiger charge is 2.29. The van der Waals surface area contributed by atoms with Gasteiger partial charge in [-0.2, -0.15) is 0 Å². The summed E-state index contributed by atoms with van der Waals surface area (Å²) in [6, 6.07) is 4.34. The maximum atomic E-state index is 13.9. The molecule has 1 saturated heterocycles. The monoisotopic (exact) mass is 362 g/mol. The van der Waals surface area contributed by atoms with E-state index in [-0.39, 0.29) is 0 Å². The average Bonchev–Trinajstić information content (AvgIpc) is 3.00. The van der Waals surface area contributed by atoms with Gasteiger partial charge in [0.25, 0.3) is 0 Å². The largest absolute Gasteiger partial charge is 0.338 e. The molecule has 0 radical (unpaired) electrons. The van der Waals surface area contributed by atoms with Crippen LogP contribution in [0.15, 0.2) is 23.1 Å². The molecule has 1 aromatic carbocycles. The molecule has 0 spiro atoms. The van der Waals surface area contributed by atoms with Crippen molar-refractivity contribution >= 4 is 16.0 Å². The third-order valence-corrected chi connectivity index (χ3v) is 5.94. The third kappa shape index (κ3) is 2.79. The van der Waals surface area contributed by atoms with E-state index in [2.05, 4.69) is 11.8 Å². The van der Waals surface area contributed by atoms with Crippen LogP contribution in [-0.2, 0) is 22.9 Å². The molecule has 0 unspecified atom stereocenters. The van der Waals surface area contributed by atoms with Crippen LogP contribution in [0.2, 0.25) is 0 Å². The molecule has 1 atom stereocenters. The molecule has 2 N–H and O–H groups in total. The summed E-state index contributed by atoms with van der Waals surface area (Å²) in [5, 5.41) is 5.14. The second-order valence-electron chi connectivity index (χ2n) is 6.67. The Bertz CT molecular complexity index is 961. The molecule has 2 aromatic rings. The molecule has 0 amide bonds. The Kier molecular flexibility index (Phi) is 3.77. The molecule has 2 heterocycles. The van der Waals surface area contributed by atoms with Crippen LogP contribution in [-0.4, -0.2) is 31.0 Å². The topological polar surface area (TPSA) is 89.2 Å². The van der Waals surface area contributed by atoms with Gasteiger partial charge in [0, 0.05) is 29.4 Å². The normalized spacial score (nSPS) is 19.6. The van der Waals surface area contributed by atoms with Crippen LogP contribution < -0.4 is 10.0 Å². The van der Waals surface area contributed by atoms with Gasteiger partial charge in [-0.25, -0.2) is 27.9 Å². The SMILES string of the molecule is C[C@H]1CCN1c1nc2c(c(-c3ccc(F)c(S(N)(=O)=O)c3)n1)CCC2. The van der Waals surface area contributed by atoms with Crippen molar-refractivity contribution in [2.45, 2.75) is 43.5 Å². The number of anilines is 1. The smallest absolute Gasteiger partial charge is 0.240 e. The van der Waals surface area contributed by atoms with Gasteiger partial charge in [-0.15, -0.1) is 0 Å². The zero-order chi connectivity index (χ0) is 17.8. The van der Waals surface area contributed by atoms with E-state index in [0.717, 1.165) is 49.6 Å². The van der Waals surface area contributed by atoms with Gasteiger partial charge in [0.05, 0.1) is 5.69 Å². The zero-order valence-electron chi connectivity index (χ0n) is 13.9. The lowest BCUT2D eigenvalue weighted by Crippen LogP contribution is -2.46. The van der Waals surface area contributed by atoms with Crippen LogP contribution in [0.3, 0.4) is 0 Å². The maximum Gasteiger partial charge on any atom is 0.240 e. The number of fused-ring (bicyclic) bond motifs is 1. The lowest BCUT2D eigenvalue weighted by atomic mass is 10.0. The minimum absolute atomic E-state index is 0.389. The highest BCUT2D eigenvalue weighted by atomic mass is 32.2. The fourth-order valence-corrected chi connectivity index (χ4v) is 4.10. The molecule has 132 valence electrons. The van der Waals surface area contributed by atoms with Crippen molar-refractivity contribution in [1.29, 1.82) is 0 Å². The number of aromatic nitrogens is 2. The van der Waals surface area contributed by atoms with Crippen LogP contribution in [0.5, 0.6) is 0 Å². The third-order valence-electron chi connectivity index (χ3n) is 5.01. The quantitative estimate of drug-likeness (QED) is 0.902. The summed E-state index contributed by atoms with van der Waals surface area (Å²) in [5.74, 6) is -0.190. The molecule has 1 aliphatic heterocycles. The van der Waals surface area contributed by atoms with E-state index in [1.807, 2.05) is 0 Å². The molecular weight excluding hydrogens is 343 g/mol. The Morgan fingerprint density at radius 1 is 1.28 bits per heavy atom. The summed E-state index contributed by atoms with van der Waals surface area (Å²) in [7, 11) is -4.14. The van der Waals surface area contributed by atoms with Crippen LogP contribution in [0.25, 0.3) is 11.3 Å². The fraction of sp³-hybridized carbons (Fsp3) is 0.412. The Hall–Kier alpha value is -2.06. The number of rotatable bonds is 3. The number of sulfonamides is 1. The van der Waals surface area contributed by atoms with Crippen molar-refractivity contribution < 1.29 is 12.8 Å². The first kappa shape index (κ1) is 16.4. The van der Waals surface area contributed by atoms with Gasteiger partial charge in [0.15, 0.2) is 0 Å². The molecule has 0 bridgehead atoms. The van der Waals surface area contributed by atoms with Gasteiger partial charge in [-0.3, -0.25) is 0 Å². The van der Waals surface area contributed by atoms with E-state index in [0.29, 0.717) is 23.2 Å². The molecule has 4 rings (SSSR count). The van der Waals surface area contributed by atoms with E-state index >= 15 is 0 Å². The molecule has 25 heavy (non-hydrogen) atoms. The second-order valence-corrected chi connectivity index (χ2v) is 8.20. The van der Waals surface area contributed by atoms with Crippen molar-refractivity contribution in [2.75, 3.05) is 11.4 Å². The summed E-state index contributed by atoms with van der Waals surface area (Å²) in [6.45, 7) is 3.03. The van der Waals surface area contributed by atoms with E-state index < -0.39 is 20.7 Å². The van der Waals surface area contributed by atoms with Gasteiger partial charge < -0.3 is 4.90 Å². The predicted molar refractivity (Wildman–Crippen MR) is 92.2 cm³/mol. The standard InChI is InChI=1S/C17H19FN4O2S/c1-10-7-8-22(10)17-20-14-4-2-3-12(14)16(21-17)11-5-6-13(18)15(9-11)25(19,23)24/h5-6,9-10H,2-4,7-8H2,1H3,(H2,19,23,24)/t10-/m0/s1. The minimum atomic E-state index is -4.14. The number of primary sulfonamides is 1. The van der Waals surface area contributed by atoms with Crippen LogP contribution in [0.4, 0.5) is 10.3 Å². The molecule has 1 aromatic heterocycles. The van der Waals surface area contributed by atoms with Crippen molar-refractivity contribution in [3.8, 4) is 11.3 Å². The number of nitrogens with two attached hydrogens (primary N) is 1. The number of hydrogen-bond donors (Lipinski definition) is 1. The summed E-state index contributed by atoms with van der Waals surface area (Å²) < 4.78 is 37.2. The van der Waals surface area contributed by atoms with Crippen LogP contribution in [0, 0.1) is 5.82 Å². The molecule has 0 saturated carbocycles. The van der Waals surface area contributed by atoms with E-state index in [1.165, 1.54) is 6.07 Å². The predicted octanol–water partition coefficient (Wildman–Crippen LogP) is 2.02. The number of halogens is 1. The minimum Gasteiger partial charge on any atom is -0.338 e. The highest BCUT2D eigenvalue weighted by molar-refractivity contribution is 7.89. The first-order valence-corrected chi connectivity index (χ1v) is 9.88. The van der Waals surface area contributed by atoms with Crippen molar-refractivity contribution in [3.05, 3.63) is 35.3 Å². The van der Waals surface area contributed by atoms with Gasteiger partial charge in [-0.1, -0.05) is 0 Å². The number of benzene rings is 1. The maximum absolute atomic E-state index is 13.9. The van der Waals surface area contributed by atoms with Gasteiger partial charge >= 0.3 is 0 Å². The zero-order valence-corrected chi connectivity index (χ0v) is 14.7. The van der Waals surface area contributed by atoms with E-state index in [4.69, 9.17) is 15.1 Å². The van der Waals surface area contributed by atoms with Gasteiger partial charge in [-0.05, 0) is 50.8 Å². The first-order valence-electron chi connectivity index (χ1n) is 8.34. The Morgan fingerprint density at radius 2 is 2.08 bits per heavy atom. The number of hydrogen-bond acceptors (Lipinski definition) is 5. The summed E-state index contributed by atoms with van der Waals surface area (Å²) in [4.78, 5) is 11.0. The van der Waals surface area contributed by atoms with Gasteiger partial charge in [0.1, 0.15) is 10.7 Å². The van der Waals surface area contributed by atoms with Crippen LogP contribution in [0.1, 0.15) is 31.0 Å². The second kappa shape index (κ2) is 5.74. The Morgan fingerprint density at radius 3 is 2.72 bits per heavy atom. The van der Waals surface area contributed by atoms with E-state index in [1.54, 1.807) is 6.07 Å². The lowest BCUT2D eigenvalue weighted by molar-refractivity contribution is 0.470.